The molecule has 0 bridgehead atoms. The van der Waals surface area contributed by atoms with Gasteiger partial charge in [0.15, 0.2) is 0 Å². The summed E-state index contributed by atoms with van der Waals surface area (Å²) in [7, 11) is 1.65. The number of amides is 1. The number of hydrogen-bond acceptors (Lipinski definition) is 4. The van der Waals surface area contributed by atoms with Crippen molar-refractivity contribution < 1.29 is 9.53 Å². The minimum Gasteiger partial charge on any atom is -0.496 e. The maximum absolute atomic E-state index is 11.1. The van der Waals surface area contributed by atoms with E-state index >= 15 is 0 Å². The van der Waals surface area contributed by atoms with Crippen LogP contribution in [0.2, 0.25) is 0 Å². The number of nitrogens with zero attached hydrogens (tertiary/aromatic N) is 2. The summed E-state index contributed by atoms with van der Waals surface area (Å²) in [4.78, 5) is 13.4. The lowest BCUT2D eigenvalue weighted by Gasteiger charge is -2.21. The van der Waals surface area contributed by atoms with Crippen LogP contribution >= 0.6 is 0 Å². The average Bonchev–Trinajstić information content (AvgIpc) is 2.72. The van der Waals surface area contributed by atoms with Crippen LogP contribution in [0.1, 0.15) is 36.8 Å². The Morgan fingerprint density at radius 2 is 2.27 bits per heavy atom. The maximum atomic E-state index is 11.1. The first-order chi connectivity index (χ1) is 10.6. The summed E-state index contributed by atoms with van der Waals surface area (Å²) in [6, 6.07) is 7.69. The second-order valence-electron chi connectivity index (χ2n) is 5.88. The molecule has 1 atom stereocenters. The molecule has 22 heavy (non-hydrogen) atoms. The largest absolute Gasteiger partial charge is 0.496 e. The Labute approximate surface area is 131 Å². The predicted octanol–water partition coefficient (Wildman–Crippen LogP) is 2.04. The van der Waals surface area contributed by atoms with E-state index in [1.54, 1.807) is 13.2 Å². The van der Waals surface area contributed by atoms with Crippen molar-refractivity contribution in [1.29, 1.82) is 5.26 Å². The van der Waals surface area contributed by atoms with Crippen LogP contribution in [-0.2, 0) is 11.3 Å². The summed E-state index contributed by atoms with van der Waals surface area (Å²) < 4.78 is 5.39. The fourth-order valence-corrected chi connectivity index (χ4v) is 3.08. The Balaban J connectivity index is 2.02. The highest BCUT2D eigenvalue weighted by atomic mass is 16.5. The minimum atomic E-state index is -0.207. The van der Waals surface area contributed by atoms with E-state index < -0.39 is 0 Å². The van der Waals surface area contributed by atoms with Gasteiger partial charge < -0.3 is 10.5 Å². The van der Waals surface area contributed by atoms with Gasteiger partial charge in [0.25, 0.3) is 0 Å². The number of nitrogens with two attached hydrogens (primary N) is 1. The number of carbonyl (C=O) groups is 1. The van der Waals surface area contributed by atoms with Crippen molar-refractivity contribution in [3.05, 3.63) is 29.3 Å². The number of likely N-dealkylation sites (tertiary alicyclic amines) is 1. The van der Waals surface area contributed by atoms with Gasteiger partial charge in [-0.15, -0.1) is 0 Å². The predicted molar refractivity (Wildman–Crippen MR) is 84.1 cm³/mol. The quantitative estimate of drug-likeness (QED) is 0.902. The fraction of sp³-hybridized carbons (Fsp3) is 0.529. The molecule has 1 amide bonds. The monoisotopic (exact) mass is 301 g/mol. The van der Waals surface area contributed by atoms with E-state index in [0.717, 1.165) is 50.2 Å². The SMILES string of the molecule is COc1ccc(C#N)cc1CN1CCCC(CC(N)=O)CC1. The van der Waals surface area contributed by atoms with Crippen LogP contribution in [0.4, 0.5) is 0 Å². The molecule has 0 aromatic heterocycles. The Hall–Kier alpha value is -2.06. The molecule has 1 saturated heterocycles. The third kappa shape index (κ3) is 4.47. The highest BCUT2D eigenvalue weighted by molar-refractivity contribution is 5.73. The summed E-state index contributed by atoms with van der Waals surface area (Å²) >= 11 is 0. The summed E-state index contributed by atoms with van der Waals surface area (Å²) in [6.45, 7) is 2.70. The average molecular weight is 301 g/mol. The Morgan fingerprint density at radius 1 is 1.45 bits per heavy atom. The summed E-state index contributed by atoms with van der Waals surface area (Å²) in [6.07, 6.45) is 3.59. The Morgan fingerprint density at radius 3 is 2.95 bits per heavy atom. The second-order valence-corrected chi connectivity index (χ2v) is 5.88. The molecule has 0 saturated carbocycles. The van der Waals surface area contributed by atoms with Gasteiger partial charge in [-0.3, -0.25) is 9.69 Å². The number of ether oxygens (including phenoxy) is 1. The van der Waals surface area contributed by atoms with Crippen LogP contribution in [0.25, 0.3) is 0 Å². The van der Waals surface area contributed by atoms with Gasteiger partial charge in [-0.1, -0.05) is 0 Å². The van der Waals surface area contributed by atoms with E-state index in [1.807, 2.05) is 12.1 Å². The van der Waals surface area contributed by atoms with Crippen molar-refractivity contribution in [2.24, 2.45) is 11.7 Å². The minimum absolute atomic E-state index is 0.207. The number of benzene rings is 1. The van der Waals surface area contributed by atoms with Crippen molar-refractivity contribution >= 4 is 5.91 Å². The molecule has 1 aromatic rings. The van der Waals surface area contributed by atoms with Crippen molar-refractivity contribution in [2.45, 2.75) is 32.2 Å². The first-order valence-electron chi connectivity index (χ1n) is 7.70. The van der Waals surface area contributed by atoms with Gasteiger partial charge in [-0.25, -0.2) is 0 Å². The molecular weight excluding hydrogens is 278 g/mol. The lowest BCUT2D eigenvalue weighted by Crippen LogP contribution is -2.25. The lowest BCUT2D eigenvalue weighted by atomic mass is 9.97. The van der Waals surface area contributed by atoms with Crippen LogP contribution in [0.5, 0.6) is 5.75 Å². The molecule has 1 aliphatic heterocycles. The highest BCUT2D eigenvalue weighted by Gasteiger charge is 2.19. The smallest absolute Gasteiger partial charge is 0.217 e. The van der Waals surface area contributed by atoms with Crippen LogP contribution in [0, 0.1) is 17.2 Å². The van der Waals surface area contributed by atoms with Gasteiger partial charge in [0, 0.05) is 18.5 Å². The molecule has 5 nitrogen and oxygen atoms in total. The molecule has 2 N–H and O–H groups in total. The van der Waals surface area contributed by atoms with Crippen molar-refractivity contribution in [1.82, 2.24) is 4.90 Å². The number of hydrogen-bond donors (Lipinski definition) is 1. The molecule has 118 valence electrons. The molecule has 5 heteroatoms. The summed E-state index contributed by atoms with van der Waals surface area (Å²) in [5.74, 6) is 1.01. The van der Waals surface area contributed by atoms with Crippen LogP contribution in [0.3, 0.4) is 0 Å². The summed E-state index contributed by atoms with van der Waals surface area (Å²) in [5, 5.41) is 9.05. The number of carbonyl (C=O) groups excluding carboxylic acids is 1. The fourth-order valence-electron chi connectivity index (χ4n) is 3.08. The van der Waals surface area contributed by atoms with Crippen LogP contribution in [0.15, 0.2) is 18.2 Å². The van der Waals surface area contributed by atoms with E-state index in [0.29, 0.717) is 17.9 Å². The molecule has 2 rings (SSSR count). The van der Waals surface area contributed by atoms with E-state index in [1.165, 1.54) is 0 Å². The standard InChI is InChI=1S/C17H23N3O2/c1-22-16-5-4-14(11-18)9-15(16)12-20-7-2-3-13(6-8-20)10-17(19)21/h4-5,9,13H,2-3,6-8,10,12H2,1H3,(H2,19,21). The normalized spacial score (nSPS) is 19.2. The van der Waals surface area contributed by atoms with Gasteiger partial charge in [0.05, 0.1) is 18.7 Å². The first kappa shape index (κ1) is 16.3. The van der Waals surface area contributed by atoms with E-state index in [-0.39, 0.29) is 5.91 Å². The molecule has 1 aliphatic rings. The molecule has 1 aromatic carbocycles. The molecule has 1 heterocycles. The second kappa shape index (κ2) is 7.81. The topological polar surface area (TPSA) is 79.3 Å². The third-order valence-electron chi connectivity index (χ3n) is 4.23. The molecule has 0 radical (unpaired) electrons. The van der Waals surface area contributed by atoms with Crippen LogP contribution < -0.4 is 10.5 Å². The van der Waals surface area contributed by atoms with Gasteiger partial charge >= 0.3 is 0 Å². The zero-order chi connectivity index (χ0) is 15.9. The molecular formula is C17H23N3O2. The number of nitriles is 1. The number of rotatable bonds is 5. The van der Waals surface area contributed by atoms with Crippen LogP contribution in [-0.4, -0.2) is 31.0 Å². The van der Waals surface area contributed by atoms with Crippen molar-refractivity contribution in [2.75, 3.05) is 20.2 Å². The third-order valence-corrected chi connectivity index (χ3v) is 4.23. The first-order valence-corrected chi connectivity index (χ1v) is 7.70. The molecule has 1 fully saturated rings. The van der Waals surface area contributed by atoms with Gasteiger partial charge in [0.2, 0.25) is 5.91 Å². The highest BCUT2D eigenvalue weighted by Crippen LogP contribution is 2.25. The van der Waals surface area contributed by atoms with E-state index in [2.05, 4.69) is 11.0 Å². The van der Waals surface area contributed by atoms with E-state index in [4.69, 9.17) is 15.7 Å². The van der Waals surface area contributed by atoms with Gasteiger partial charge in [0.1, 0.15) is 5.75 Å². The molecule has 1 unspecified atom stereocenters. The molecule has 0 spiro atoms. The van der Waals surface area contributed by atoms with E-state index in [9.17, 15) is 4.79 Å². The Bertz CT molecular complexity index is 566. The lowest BCUT2D eigenvalue weighted by molar-refractivity contribution is -0.119. The van der Waals surface area contributed by atoms with Crippen molar-refractivity contribution in [3.8, 4) is 11.8 Å². The maximum Gasteiger partial charge on any atom is 0.217 e. The summed E-state index contributed by atoms with van der Waals surface area (Å²) in [5.41, 5.74) is 6.99. The van der Waals surface area contributed by atoms with Gasteiger partial charge in [-0.2, -0.15) is 5.26 Å². The van der Waals surface area contributed by atoms with Crippen molar-refractivity contribution in [3.63, 3.8) is 0 Å². The zero-order valence-electron chi connectivity index (χ0n) is 13.0. The molecule has 0 aliphatic carbocycles. The van der Waals surface area contributed by atoms with Gasteiger partial charge in [-0.05, 0) is 56.5 Å². The Kier molecular flexibility index (Phi) is 5.79. The number of methoxy groups -OCH3 is 1. The number of primary amides is 1. The zero-order valence-corrected chi connectivity index (χ0v) is 13.0.